The van der Waals surface area contributed by atoms with Crippen molar-refractivity contribution in [3.8, 4) is 11.5 Å². The van der Waals surface area contributed by atoms with E-state index in [-0.39, 0.29) is 22.5 Å². The van der Waals surface area contributed by atoms with Crippen molar-refractivity contribution < 1.29 is 23.4 Å². The summed E-state index contributed by atoms with van der Waals surface area (Å²) in [6.07, 6.45) is -4.44. The lowest BCUT2D eigenvalue weighted by molar-refractivity contribution is -0.138. The van der Waals surface area contributed by atoms with Crippen LogP contribution in [-0.4, -0.2) is 10.2 Å². The maximum Gasteiger partial charge on any atom is 0.417 e. The second kappa shape index (κ2) is 5.85. The van der Waals surface area contributed by atoms with Crippen LogP contribution in [0.3, 0.4) is 0 Å². The van der Waals surface area contributed by atoms with Crippen LogP contribution in [0, 0.1) is 0 Å². The molecule has 0 aliphatic heterocycles. The number of phenolic OH excluding ortho intramolecular Hbond substituents is 2. The fourth-order valence-electron chi connectivity index (χ4n) is 1.74. The molecular weight excluding hydrogens is 351 g/mol. The van der Waals surface area contributed by atoms with Crippen LogP contribution in [0.25, 0.3) is 0 Å². The van der Waals surface area contributed by atoms with Gasteiger partial charge in [-0.15, -0.1) is 0 Å². The molecule has 3 nitrogen and oxygen atoms in total. The van der Waals surface area contributed by atoms with Crippen LogP contribution in [-0.2, 0) is 12.7 Å². The van der Waals surface area contributed by atoms with Crippen molar-refractivity contribution in [2.24, 2.45) is 0 Å². The number of anilines is 1. The number of alkyl halides is 3. The first kappa shape index (κ1) is 15.5. The summed E-state index contributed by atoms with van der Waals surface area (Å²) in [6.45, 7) is 0.215. The average molecular weight is 362 g/mol. The van der Waals surface area contributed by atoms with Crippen molar-refractivity contribution >= 4 is 21.6 Å². The molecule has 112 valence electrons. The summed E-state index contributed by atoms with van der Waals surface area (Å²) >= 11 is 2.87. The summed E-state index contributed by atoms with van der Waals surface area (Å²) < 4.78 is 38.3. The highest BCUT2D eigenvalue weighted by molar-refractivity contribution is 9.10. The molecule has 0 bridgehead atoms. The smallest absolute Gasteiger partial charge is 0.417 e. The van der Waals surface area contributed by atoms with Crippen molar-refractivity contribution in [2.75, 3.05) is 5.32 Å². The maximum absolute atomic E-state index is 12.8. The monoisotopic (exact) mass is 361 g/mol. The Labute approximate surface area is 127 Å². The van der Waals surface area contributed by atoms with Gasteiger partial charge in [0.05, 0.1) is 5.56 Å². The van der Waals surface area contributed by atoms with E-state index in [0.29, 0.717) is 11.3 Å². The van der Waals surface area contributed by atoms with Gasteiger partial charge < -0.3 is 15.5 Å². The quantitative estimate of drug-likeness (QED) is 0.706. The molecular formula is C14H11BrF3NO2. The normalized spacial score (nSPS) is 11.4. The zero-order chi connectivity index (χ0) is 15.6. The van der Waals surface area contributed by atoms with Crippen LogP contribution in [0.1, 0.15) is 11.1 Å². The fourth-order valence-corrected chi connectivity index (χ4v) is 2.21. The number of hydrogen-bond donors (Lipinski definition) is 3. The molecule has 0 spiro atoms. The van der Waals surface area contributed by atoms with Crippen LogP contribution in [0.4, 0.5) is 18.9 Å². The van der Waals surface area contributed by atoms with E-state index in [1.165, 1.54) is 24.3 Å². The van der Waals surface area contributed by atoms with Gasteiger partial charge in [0.15, 0.2) is 11.5 Å². The third-order valence-electron chi connectivity index (χ3n) is 2.81. The highest BCUT2D eigenvalue weighted by Gasteiger charge is 2.33. The first-order chi connectivity index (χ1) is 9.77. The van der Waals surface area contributed by atoms with Crippen molar-refractivity contribution in [3.63, 3.8) is 0 Å². The molecule has 21 heavy (non-hydrogen) atoms. The van der Waals surface area contributed by atoms with Gasteiger partial charge in [-0.1, -0.05) is 22.0 Å². The fraction of sp³-hybridized carbons (Fsp3) is 0.143. The second-order valence-electron chi connectivity index (χ2n) is 4.37. The molecule has 0 atom stereocenters. The lowest BCUT2D eigenvalue weighted by atomic mass is 10.1. The maximum atomic E-state index is 12.8. The Morgan fingerprint density at radius 2 is 1.71 bits per heavy atom. The standard InChI is InChI=1S/C14H11BrF3NO2/c15-11-3-2-9(6-10(11)14(16,17)18)19-7-8-1-4-12(20)13(21)5-8/h1-6,19-21H,7H2. The lowest BCUT2D eigenvalue weighted by Gasteiger charge is -2.13. The molecule has 7 heteroatoms. The van der Waals surface area contributed by atoms with E-state index in [1.807, 2.05) is 0 Å². The molecule has 2 aromatic rings. The molecule has 0 amide bonds. The Balaban J connectivity index is 2.15. The van der Waals surface area contributed by atoms with Crippen molar-refractivity contribution in [2.45, 2.75) is 12.7 Å². The molecule has 0 saturated carbocycles. The first-order valence-electron chi connectivity index (χ1n) is 5.89. The van der Waals surface area contributed by atoms with Gasteiger partial charge in [0.25, 0.3) is 0 Å². The molecule has 0 radical (unpaired) electrons. The van der Waals surface area contributed by atoms with Gasteiger partial charge in [0.1, 0.15) is 0 Å². The second-order valence-corrected chi connectivity index (χ2v) is 5.22. The number of halogens is 4. The molecule has 2 aromatic carbocycles. The minimum Gasteiger partial charge on any atom is -0.504 e. The number of benzene rings is 2. The van der Waals surface area contributed by atoms with Gasteiger partial charge in [0, 0.05) is 16.7 Å². The minimum absolute atomic E-state index is 0.0252. The van der Waals surface area contributed by atoms with Crippen molar-refractivity contribution in [1.82, 2.24) is 0 Å². The summed E-state index contributed by atoms with van der Waals surface area (Å²) in [5.41, 5.74) is 0.168. The molecule has 0 fully saturated rings. The highest BCUT2D eigenvalue weighted by atomic mass is 79.9. The van der Waals surface area contributed by atoms with Crippen LogP contribution in [0.5, 0.6) is 11.5 Å². The van der Waals surface area contributed by atoms with Crippen molar-refractivity contribution in [3.05, 3.63) is 52.0 Å². The Morgan fingerprint density at radius 1 is 1.00 bits per heavy atom. The Bertz CT molecular complexity index is 659. The third kappa shape index (κ3) is 3.81. The van der Waals surface area contributed by atoms with Gasteiger partial charge in [-0.05, 0) is 35.9 Å². The average Bonchev–Trinajstić information content (AvgIpc) is 2.40. The molecule has 0 unspecified atom stereocenters. The molecule has 0 heterocycles. The number of hydrogen-bond acceptors (Lipinski definition) is 3. The molecule has 0 aromatic heterocycles. The van der Waals surface area contributed by atoms with Gasteiger partial charge in [-0.25, -0.2) is 0 Å². The van der Waals surface area contributed by atoms with E-state index in [4.69, 9.17) is 0 Å². The van der Waals surface area contributed by atoms with E-state index in [9.17, 15) is 23.4 Å². The van der Waals surface area contributed by atoms with Crippen LogP contribution in [0.15, 0.2) is 40.9 Å². The van der Waals surface area contributed by atoms with E-state index in [1.54, 1.807) is 6.07 Å². The van der Waals surface area contributed by atoms with Crippen LogP contribution < -0.4 is 5.32 Å². The highest BCUT2D eigenvalue weighted by Crippen LogP contribution is 2.36. The Hall–Kier alpha value is -1.89. The van der Waals surface area contributed by atoms with Crippen molar-refractivity contribution in [1.29, 1.82) is 0 Å². The summed E-state index contributed by atoms with van der Waals surface area (Å²) in [5.74, 6) is -0.525. The van der Waals surface area contributed by atoms with Gasteiger partial charge in [-0.2, -0.15) is 13.2 Å². The SMILES string of the molecule is Oc1ccc(CNc2ccc(Br)c(C(F)(F)F)c2)cc1O. The predicted octanol–water partition coefficient (Wildman–Crippen LogP) is 4.49. The van der Waals surface area contributed by atoms with Gasteiger partial charge >= 0.3 is 6.18 Å². The largest absolute Gasteiger partial charge is 0.504 e. The molecule has 2 rings (SSSR count). The van der Waals surface area contributed by atoms with Gasteiger partial charge in [0.2, 0.25) is 0 Å². The Morgan fingerprint density at radius 3 is 2.33 bits per heavy atom. The molecule has 3 N–H and O–H groups in total. The summed E-state index contributed by atoms with van der Waals surface area (Å²) in [4.78, 5) is 0. The molecule has 0 aliphatic rings. The zero-order valence-corrected chi connectivity index (χ0v) is 12.2. The topological polar surface area (TPSA) is 52.5 Å². The zero-order valence-electron chi connectivity index (χ0n) is 10.6. The first-order valence-corrected chi connectivity index (χ1v) is 6.68. The summed E-state index contributed by atoms with van der Waals surface area (Å²) in [6, 6.07) is 8.05. The summed E-state index contributed by atoms with van der Waals surface area (Å²) in [7, 11) is 0. The third-order valence-corrected chi connectivity index (χ3v) is 3.50. The van der Waals surface area contributed by atoms with Crippen LogP contribution in [0.2, 0.25) is 0 Å². The number of rotatable bonds is 3. The Kier molecular flexibility index (Phi) is 4.32. The number of aromatic hydroxyl groups is 2. The number of phenols is 2. The van der Waals surface area contributed by atoms with E-state index in [2.05, 4.69) is 21.2 Å². The van der Waals surface area contributed by atoms with Gasteiger partial charge in [-0.3, -0.25) is 0 Å². The molecule has 0 saturated heterocycles. The predicted molar refractivity (Wildman–Crippen MR) is 76.2 cm³/mol. The van der Waals surface area contributed by atoms with E-state index >= 15 is 0 Å². The number of nitrogens with one attached hydrogen (secondary N) is 1. The minimum atomic E-state index is -4.44. The lowest BCUT2D eigenvalue weighted by Crippen LogP contribution is -2.07. The van der Waals surface area contributed by atoms with E-state index < -0.39 is 11.7 Å². The summed E-state index contributed by atoms with van der Waals surface area (Å²) in [5, 5.41) is 21.4. The van der Waals surface area contributed by atoms with Crippen LogP contribution >= 0.6 is 15.9 Å². The molecule has 0 aliphatic carbocycles. The van der Waals surface area contributed by atoms with E-state index in [0.717, 1.165) is 6.07 Å².